The summed E-state index contributed by atoms with van der Waals surface area (Å²) in [6.07, 6.45) is -0.321. The lowest BCUT2D eigenvalue weighted by atomic mass is 9.90. The molecule has 2 aromatic heterocycles. The number of rotatable bonds is 4. The van der Waals surface area contributed by atoms with Gasteiger partial charge >= 0.3 is 0 Å². The van der Waals surface area contributed by atoms with Crippen LogP contribution in [0.4, 0.5) is 4.39 Å². The van der Waals surface area contributed by atoms with Crippen LogP contribution in [0.15, 0.2) is 95.5 Å². The number of benzene rings is 5. The van der Waals surface area contributed by atoms with E-state index in [0.717, 1.165) is 37.9 Å². The fraction of sp³-hybridized carbons (Fsp3) is 0.158. The largest absolute Gasteiger partial charge is 0.454 e. The second kappa shape index (κ2) is 9.82. The Hall–Kier alpha value is -5.01. The fourth-order valence-corrected chi connectivity index (χ4v) is 6.11. The molecule has 0 radical (unpaired) electrons. The van der Waals surface area contributed by atoms with Gasteiger partial charge in [-0.1, -0.05) is 74.5 Å². The highest BCUT2D eigenvalue weighted by molar-refractivity contribution is 6.19. The van der Waals surface area contributed by atoms with Crippen molar-refractivity contribution in [2.45, 2.75) is 27.1 Å². The van der Waals surface area contributed by atoms with Crippen molar-refractivity contribution >= 4 is 43.5 Å². The summed E-state index contributed by atoms with van der Waals surface area (Å²) in [5, 5.41) is 15.5. The highest BCUT2D eigenvalue weighted by atomic mass is 19.1. The van der Waals surface area contributed by atoms with Gasteiger partial charge in [-0.15, -0.1) is 0 Å². The van der Waals surface area contributed by atoms with Gasteiger partial charge in [-0.2, -0.15) is 5.26 Å². The smallest absolute Gasteiger partial charge is 0.219 e. The number of furan rings is 1. The Morgan fingerprint density at radius 3 is 2.31 bits per heavy atom. The van der Waals surface area contributed by atoms with E-state index in [1.165, 1.54) is 12.3 Å². The second-order valence-corrected chi connectivity index (χ2v) is 11.1. The first-order chi connectivity index (χ1) is 21.5. The standard InChI is InChI=1S/C38H30FN2O/c1-22(2)17-26-21-41(4)34(19-33(26)39)35-23(3)13-15-30-31-16-14-25(20-40)36(38(31)42-37(30)35)32-18-24-9-5-6-10-27(24)28-11-7-8-12-29(28)32/h5-16,18-19,21-22H,17H2,1-4H3/q+1/i17D2,18D. The molecule has 0 aliphatic rings. The van der Waals surface area contributed by atoms with E-state index in [1.807, 2.05) is 73.7 Å². The SMILES string of the molecule is [2H]c1c(-c2c(C#N)ccc3c2oc2c(-c4cc(F)c(C([2H])([2H])C(C)C)c[n+]4C)c(C)ccc23)c2ccccc2c2ccccc12. The second-order valence-electron chi connectivity index (χ2n) is 11.1. The highest BCUT2D eigenvalue weighted by Crippen LogP contribution is 2.44. The van der Waals surface area contributed by atoms with Gasteiger partial charge in [0, 0.05) is 25.1 Å². The molecule has 0 amide bonds. The Balaban J connectivity index is 1.58. The first-order valence-electron chi connectivity index (χ1n) is 15.5. The maximum absolute atomic E-state index is 15.7. The van der Waals surface area contributed by atoms with Crippen LogP contribution in [0.3, 0.4) is 0 Å². The summed E-state index contributed by atoms with van der Waals surface area (Å²) in [7, 11) is 1.78. The zero-order chi connectivity index (χ0) is 31.8. The molecule has 0 spiro atoms. The van der Waals surface area contributed by atoms with Crippen LogP contribution in [-0.2, 0) is 13.4 Å². The van der Waals surface area contributed by atoms with E-state index >= 15 is 4.39 Å². The molecule has 0 atom stereocenters. The van der Waals surface area contributed by atoms with E-state index in [9.17, 15) is 6.63 Å². The van der Waals surface area contributed by atoms with Gasteiger partial charge in [-0.05, 0) is 70.1 Å². The van der Waals surface area contributed by atoms with Crippen molar-refractivity contribution in [3.05, 3.63) is 114 Å². The summed E-state index contributed by atoms with van der Waals surface area (Å²) in [6, 6.07) is 27.4. The Kier molecular flexibility index (Phi) is 5.30. The Bertz CT molecular complexity index is 2400. The molecule has 0 bridgehead atoms. The molecule has 42 heavy (non-hydrogen) atoms. The van der Waals surface area contributed by atoms with E-state index < -0.39 is 18.1 Å². The van der Waals surface area contributed by atoms with Crippen LogP contribution < -0.4 is 4.57 Å². The number of nitrogens with zero attached hydrogens (tertiary/aromatic N) is 2. The average Bonchev–Trinajstić information content (AvgIpc) is 3.41. The number of aromatic nitrogens is 1. The van der Waals surface area contributed by atoms with Crippen LogP contribution in [0.25, 0.3) is 65.9 Å². The number of aryl methyl sites for hydroxylation is 2. The monoisotopic (exact) mass is 552 g/mol. The lowest BCUT2D eigenvalue weighted by Crippen LogP contribution is -2.32. The molecular formula is C38H30FN2O+. The van der Waals surface area contributed by atoms with Crippen molar-refractivity contribution in [2.24, 2.45) is 13.0 Å². The summed E-state index contributed by atoms with van der Waals surface area (Å²) in [5.41, 5.74) is 4.68. The summed E-state index contributed by atoms with van der Waals surface area (Å²) in [6.45, 7) is 5.41. The zero-order valence-corrected chi connectivity index (χ0v) is 23.8. The molecule has 7 aromatic rings. The molecule has 204 valence electrons. The van der Waals surface area contributed by atoms with E-state index in [-0.39, 0.29) is 5.56 Å². The summed E-state index contributed by atoms with van der Waals surface area (Å²) in [5.74, 6) is -1.04. The maximum atomic E-state index is 15.7. The topological polar surface area (TPSA) is 40.8 Å². The number of pyridine rings is 1. The summed E-state index contributed by atoms with van der Waals surface area (Å²) in [4.78, 5) is 0. The third-order valence-corrected chi connectivity index (χ3v) is 7.99. The predicted octanol–water partition coefficient (Wildman–Crippen LogP) is 9.57. The Morgan fingerprint density at radius 1 is 0.905 bits per heavy atom. The molecule has 0 unspecified atom stereocenters. The van der Waals surface area contributed by atoms with Crippen LogP contribution >= 0.6 is 0 Å². The molecule has 0 aliphatic carbocycles. The minimum absolute atomic E-state index is 0.00490. The molecule has 4 heteroatoms. The minimum Gasteiger partial charge on any atom is -0.454 e. The molecule has 0 saturated heterocycles. The van der Waals surface area contributed by atoms with E-state index in [2.05, 4.69) is 6.07 Å². The van der Waals surface area contributed by atoms with Crippen LogP contribution in [0, 0.1) is 30.0 Å². The molecule has 7 rings (SSSR count). The number of hydrogen-bond donors (Lipinski definition) is 0. The first kappa shape index (κ1) is 22.7. The van der Waals surface area contributed by atoms with Gasteiger partial charge in [0.05, 0.1) is 24.1 Å². The maximum Gasteiger partial charge on any atom is 0.219 e. The molecular weight excluding hydrogens is 519 g/mol. The first-order valence-corrected chi connectivity index (χ1v) is 14.0. The van der Waals surface area contributed by atoms with Gasteiger partial charge in [-0.3, -0.25) is 0 Å². The highest BCUT2D eigenvalue weighted by Gasteiger charge is 2.25. The van der Waals surface area contributed by atoms with Crippen LogP contribution in [0.5, 0.6) is 0 Å². The van der Waals surface area contributed by atoms with Crippen molar-refractivity contribution in [3.63, 3.8) is 0 Å². The minimum atomic E-state index is -1.85. The number of nitriles is 1. The normalized spacial score (nSPS) is 13.1. The van der Waals surface area contributed by atoms with Crippen LogP contribution in [-0.4, -0.2) is 0 Å². The summed E-state index contributed by atoms with van der Waals surface area (Å²) < 4.78 is 50.5. The molecule has 0 fully saturated rings. The number of fused-ring (bicyclic) bond motifs is 6. The van der Waals surface area contributed by atoms with Gasteiger partial charge in [0.15, 0.2) is 6.20 Å². The average molecular weight is 553 g/mol. The van der Waals surface area contributed by atoms with Gasteiger partial charge in [0.2, 0.25) is 5.69 Å². The number of halogens is 1. The van der Waals surface area contributed by atoms with Crippen molar-refractivity contribution in [1.82, 2.24) is 0 Å². The van der Waals surface area contributed by atoms with Crippen molar-refractivity contribution in [3.8, 4) is 28.5 Å². The molecule has 5 aromatic carbocycles. The van der Waals surface area contributed by atoms with E-state index in [0.29, 0.717) is 45.2 Å². The van der Waals surface area contributed by atoms with Gasteiger partial charge in [-0.25, -0.2) is 8.96 Å². The van der Waals surface area contributed by atoms with Crippen molar-refractivity contribution in [2.75, 3.05) is 0 Å². The van der Waals surface area contributed by atoms with Crippen molar-refractivity contribution < 1.29 is 17.5 Å². The predicted molar refractivity (Wildman–Crippen MR) is 169 cm³/mol. The molecule has 3 nitrogen and oxygen atoms in total. The van der Waals surface area contributed by atoms with Crippen molar-refractivity contribution in [1.29, 1.82) is 5.26 Å². The Labute approximate surface area is 248 Å². The summed E-state index contributed by atoms with van der Waals surface area (Å²) >= 11 is 0. The zero-order valence-electron chi connectivity index (χ0n) is 26.8. The molecule has 0 aliphatic heterocycles. The third kappa shape index (κ3) is 3.96. The van der Waals surface area contributed by atoms with Gasteiger partial charge in [0.1, 0.15) is 24.0 Å². The van der Waals surface area contributed by atoms with Crippen LogP contribution in [0.2, 0.25) is 0 Å². The van der Waals surface area contributed by atoms with Gasteiger partial charge in [0.25, 0.3) is 0 Å². The molecule has 2 heterocycles. The third-order valence-electron chi connectivity index (χ3n) is 7.99. The lowest BCUT2D eigenvalue weighted by Gasteiger charge is -2.12. The fourth-order valence-electron chi connectivity index (χ4n) is 6.11. The Morgan fingerprint density at radius 2 is 1.57 bits per heavy atom. The quantitative estimate of drug-likeness (QED) is 0.161. The molecule has 0 saturated carbocycles. The van der Waals surface area contributed by atoms with E-state index in [4.69, 9.17) is 7.16 Å². The van der Waals surface area contributed by atoms with E-state index in [1.54, 1.807) is 31.5 Å². The van der Waals surface area contributed by atoms with Crippen LogP contribution in [0.1, 0.15) is 34.7 Å². The number of hydrogen-bond acceptors (Lipinski definition) is 2. The van der Waals surface area contributed by atoms with Gasteiger partial charge < -0.3 is 4.42 Å². The molecule has 0 N–H and O–H groups in total. The lowest BCUT2D eigenvalue weighted by molar-refractivity contribution is -0.661.